The van der Waals surface area contributed by atoms with E-state index in [-0.39, 0.29) is 6.54 Å². The highest BCUT2D eigenvalue weighted by atomic mass is 16.4. The lowest BCUT2D eigenvalue weighted by Crippen LogP contribution is -2.48. The molecule has 0 aromatic heterocycles. The second-order valence-electron chi connectivity index (χ2n) is 2.86. The molecule has 6 N–H and O–H groups in total. The highest BCUT2D eigenvalue weighted by molar-refractivity contribution is 4.81. The number of nitrogens with one attached hydrogen (secondary N) is 1. The first-order chi connectivity index (χ1) is 6.04. The molecule has 0 aliphatic rings. The summed E-state index contributed by atoms with van der Waals surface area (Å²) in [6.45, 7) is -0.569. The summed E-state index contributed by atoms with van der Waals surface area (Å²) in [7, 11) is 1.57. The van der Waals surface area contributed by atoms with E-state index in [4.69, 9.17) is 20.4 Å². The third-order valence-electron chi connectivity index (χ3n) is 1.74. The van der Waals surface area contributed by atoms with E-state index in [0.29, 0.717) is 0 Å². The van der Waals surface area contributed by atoms with E-state index in [2.05, 4.69) is 5.32 Å². The standard InChI is InChI=1S/C7H17NO5/c1-8-2-4(10)6(12)7(13)5(11)3-9/h4-13H,2-3H2,1H3/t4-,5-,6+,7-/m1/s1. The Morgan fingerprint density at radius 3 is 1.85 bits per heavy atom. The smallest absolute Gasteiger partial charge is 0.111 e. The first-order valence-corrected chi connectivity index (χ1v) is 4.02. The lowest BCUT2D eigenvalue weighted by Gasteiger charge is -2.25. The average Bonchev–Trinajstić information content (AvgIpc) is 2.14. The molecule has 0 aliphatic heterocycles. The van der Waals surface area contributed by atoms with Crippen LogP contribution in [0.2, 0.25) is 0 Å². The van der Waals surface area contributed by atoms with Gasteiger partial charge in [-0.3, -0.25) is 0 Å². The molecule has 6 heteroatoms. The van der Waals surface area contributed by atoms with Gasteiger partial charge in [-0.1, -0.05) is 0 Å². The second-order valence-corrected chi connectivity index (χ2v) is 2.86. The van der Waals surface area contributed by atoms with Gasteiger partial charge in [-0.15, -0.1) is 0 Å². The molecule has 0 rings (SSSR count). The van der Waals surface area contributed by atoms with Gasteiger partial charge in [0.25, 0.3) is 0 Å². The van der Waals surface area contributed by atoms with Crippen LogP contribution in [0.4, 0.5) is 0 Å². The van der Waals surface area contributed by atoms with Crippen LogP contribution in [0.3, 0.4) is 0 Å². The number of aliphatic hydroxyl groups is 5. The Hall–Kier alpha value is -0.240. The maximum Gasteiger partial charge on any atom is 0.111 e. The molecule has 13 heavy (non-hydrogen) atoms. The van der Waals surface area contributed by atoms with Gasteiger partial charge in [0.05, 0.1) is 12.7 Å². The zero-order valence-electron chi connectivity index (χ0n) is 7.46. The molecule has 6 nitrogen and oxygen atoms in total. The van der Waals surface area contributed by atoms with Gasteiger partial charge >= 0.3 is 0 Å². The van der Waals surface area contributed by atoms with Crippen molar-refractivity contribution in [3.05, 3.63) is 0 Å². The molecule has 0 amide bonds. The van der Waals surface area contributed by atoms with Gasteiger partial charge in [-0.25, -0.2) is 0 Å². The maximum absolute atomic E-state index is 9.21. The summed E-state index contributed by atoms with van der Waals surface area (Å²) in [5, 5.41) is 47.5. The molecule has 0 radical (unpaired) electrons. The molecule has 0 saturated heterocycles. The predicted molar refractivity (Wildman–Crippen MR) is 45.0 cm³/mol. The third-order valence-corrected chi connectivity index (χ3v) is 1.74. The second kappa shape index (κ2) is 6.25. The Morgan fingerprint density at radius 1 is 1.00 bits per heavy atom. The van der Waals surface area contributed by atoms with E-state index >= 15 is 0 Å². The first kappa shape index (κ1) is 12.8. The fraction of sp³-hybridized carbons (Fsp3) is 1.00. The molecule has 0 aliphatic carbocycles. The topological polar surface area (TPSA) is 113 Å². The van der Waals surface area contributed by atoms with Crippen molar-refractivity contribution in [2.24, 2.45) is 0 Å². The molecule has 0 fully saturated rings. The number of aliphatic hydroxyl groups excluding tert-OH is 5. The van der Waals surface area contributed by atoms with E-state index in [1.165, 1.54) is 0 Å². The average molecular weight is 195 g/mol. The van der Waals surface area contributed by atoms with Gasteiger partial charge in [0.2, 0.25) is 0 Å². The van der Waals surface area contributed by atoms with Gasteiger partial charge in [0, 0.05) is 6.54 Å². The zero-order chi connectivity index (χ0) is 10.4. The molecule has 0 aromatic carbocycles. The number of hydrogen-bond donors (Lipinski definition) is 6. The molecule has 0 saturated carbocycles. The molecule has 0 aromatic rings. The van der Waals surface area contributed by atoms with Crippen LogP contribution in [0, 0.1) is 0 Å². The summed E-state index contributed by atoms with van der Waals surface area (Å²) in [4.78, 5) is 0. The maximum atomic E-state index is 9.21. The van der Waals surface area contributed by atoms with Crippen LogP contribution < -0.4 is 5.32 Å². The Kier molecular flexibility index (Phi) is 6.13. The summed E-state index contributed by atoms with van der Waals surface area (Å²) in [5.74, 6) is 0. The van der Waals surface area contributed by atoms with Crippen molar-refractivity contribution in [1.82, 2.24) is 5.32 Å². The van der Waals surface area contributed by atoms with Crippen molar-refractivity contribution < 1.29 is 25.5 Å². The normalized spacial score (nSPS) is 20.8. The van der Waals surface area contributed by atoms with Crippen LogP contribution in [0.15, 0.2) is 0 Å². The fourth-order valence-electron chi connectivity index (χ4n) is 0.893. The largest absolute Gasteiger partial charge is 0.394 e. The molecule has 4 atom stereocenters. The zero-order valence-corrected chi connectivity index (χ0v) is 7.46. The SMILES string of the molecule is CNC[C@@H](O)[C@H](O)[C@H](O)[C@H](O)CO. The highest BCUT2D eigenvalue weighted by Crippen LogP contribution is 2.04. The van der Waals surface area contributed by atoms with E-state index < -0.39 is 31.0 Å². The van der Waals surface area contributed by atoms with E-state index in [9.17, 15) is 5.11 Å². The van der Waals surface area contributed by atoms with Gasteiger partial charge in [0.1, 0.15) is 18.3 Å². The van der Waals surface area contributed by atoms with Crippen LogP contribution in [0.5, 0.6) is 0 Å². The minimum atomic E-state index is -1.55. The lowest BCUT2D eigenvalue weighted by molar-refractivity contribution is -0.113. The van der Waals surface area contributed by atoms with Gasteiger partial charge in [-0.05, 0) is 7.05 Å². The van der Waals surface area contributed by atoms with Crippen LogP contribution >= 0.6 is 0 Å². The summed E-state index contributed by atoms with van der Waals surface area (Å²) in [5.41, 5.74) is 0. The first-order valence-electron chi connectivity index (χ1n) is 4.02. The summed E-state index contributed by atoms with van der Waals surface area (Å²) >= 11 is 0. The monoisotopic (exact) mass is 195 g/mol. The Labute approximate surface area is 76.4 Å². The Morgan fingerprint density at radius 2 is 1.46 bits per heavy atom. The van der Waals surface area contributed by atoms with Crippen molar-refractivity contribution in [1.29, 1.82) is 0 Å². The van der Waals surface area contributed by atoms with Gasteiger partial charge in [-0.2, -0.15) is 0 Å². The van der Waals surface area contributed by atoms with Crippen LogP contribution in [-0.4, -0.2) is 70.1 Å². The van der Waals surface area contributed by atoms with Gasteiger partial charge in [0.15, 0.2) is 0 Å². The molecule has 80 valence electrons. The summed E-state index contributed by atoms with van der Waals surface area (Å²) < 4.78 is 0. The minimum Gasteiger partial charge on any atom is -0.394 e. The Bertz CT molecular complexity index is 134. The molecule has 0 heterocycles. The highest BCUT2D eigenvalue weighted by Gasteiger charge is 2.29. The van der Waals surface area contributed by atoms with Crippen molar-refractivity contribution in [3.63, 3.8) is 0 Å². The molecule has 0 spiro atoms. The third kappa shape index (κ3) is 3.99. The Balaban J connectivity index is 3.99. The number of likely N-dealkylation sites (N-methyl/N-ethyl adjacent to an activating group) is 1. The number of rotatable bonds is 6. The quantitative estimate of drug-likeness (QED) is 0.264. The molecule has 0 unspecified atom stereocenters. The van der Waals surface area contributed by atoms with Crippen LogP contribution in [0.1, 0.15) is 0 Å². The lowest BCUT2D eigenvalue weighted by atomic mass is 10.0. The minimum absolute atomic E-state index is 0.0936. The number of hydrogen-bond acceptors (Lipinski definition) is 6. The van der Waals surface area contributed by atoms with E-state index in [0.717, 1.165) is 0 Å². The summed E-state index contributed by atoms with van der Waals surface area (Å²) in [6.07, 6.45) is -5.65. The van der Waals surface area contributed by atoms with Gasteiger partial charge < -0.3 is 30.8 Å². The van der Waals surface area contributed by atoms with Crippen molar-refractivity contribution >= 4 is 0 Å². The van der Waals surface area contributed by atoms with Crippen LogP contribution in [0.25, 0.3) is 0 Å². The van der Waals surface area contributed by atoms with Crippen LogP contribution in [-0.2, 0) is 0 Å². The van der Waals surface area contributed by atoms with E-state index in [1.807, 2.05) is 0 Å². The fourth-order valence-corrected chi connectivity index (χ4v) is 0.893. The predicted octanol–water partition coefficient (Wildman–Crippen LogP) is -3.36. The molecular formula is C7H17NO5. The van der Waals surface area contributed by atoms with Crippen molar-refractivity contribution in [2.75, 3.05) is 20.2 Å². The molecular weight excluding hydrogens is 178 g/mol. The van der Waals surface area contributed by atoms with Crippen molar-refractivity contribution in [3.8, 4) is 0 Å². The van der Waals surface area contributed by atoms with Crippen molar-refractivity contribution in [2.45, 2.75) is 24.4 Å². The van der Waals surface area contributed by atoms with E-state index in [1.54, 1.807) is 7.05 Å². The molecule has 0 bridgehead atoms. The summed E-state index contributed by atoms with van der Waals surface area (Å²) in [6, 6.07) is 0.